The minimum atomic E-state index is -0.983. The fourth-order valence-electron chi connectivity index (χ4n) is 2.50. The number of nitrogens with zero attached hydrogens (tertiary/aromatic N) is 6. The van der Waals surface area contributed by atoms with Crippen molar-refractivity contribution in [3.63, 3.8) is 0 Å². The Morgan fingerprint density at radius 2 is 2.17 bits per heavy atom. The lowest BCUT2D eigenvalue weighted by molar-refractivity contribution is -0.137. The predicted molar refractivity (Wildman–Crippen MR) is 79.9 cm³/mol. The first-order valence-electron chi connectivity index (χ1n) is 7.43. The zero-order valence-corrected chi connectivity index (χ0v) is 12.5. The van der Waals surface area contributed by atoms with E-state index in [0.717, 1.165) is 24.7 Å². The number of carboxylic acids is 1. The van der Waals surface area contributed by atoms with Crippen molar-refractivity contribution in [2.24, 2.45) is 0 Å². The summed E-state index contributed by atoms with van der Waals surface area (Å²) in [7, 11) is 0. The summed E-state index contributed by atoms with van der Waals surface area (Å²) >= 11 is 0. The molecule has 3 aromatic rings. The number of hydrogen-bond donors (Lipinski definition) is 1. The molecule has 0 aromatic carbocycles. The molecule has 0 aliphatic heterocycles. The number of halogens is 1. The van der Waals surface area contributed by atoms with Crippen molar-refractivity contribution in [3.8, 4) is 17.1 Å². The van der Waals surface area contributed by atoms with Gasteiger partial charge < -0.3 is 5.11 Å². The largest absolute Gasteiger partial charge is 0.480 e. The molecule has 1 fully saturated rings. The standard InChI is InChI=1S/C15H13FN6O2/c16-10-3-11(6-17-5-10)21-7-13(18-20-21)14-4-12(9-1-2-9)19-22(14)8-15(23)24/h3-7,9H,1-2,8H2,(H,23,24). The van der Waals surface area contributed by atoms with Crippen LogP contribution in [0.3, 0.4) is 0 Å². The number of rotatable bonds is 5. The molecular weight excluding hydrogens is 315 g/mol. The van der Waals surface area contributed by atoms with Gasteiger partial charge in [0, 0.05) is 12.0 Å². The van der Waals surface area contributed by atoms with Gasteiger partial charge in [0.05, 0.1) is 35.7 Å². The third-order valence-electron chi connectivity index (χ3n) is 3.79. The van der Waals surface area contributed by atoms with Gasteiger partial charge in [0.2, 0.25) is 0 Å². The molecule has 0 bridgehead atoms. The molecule has 1 N–H and O–H groups in total. The number of pyridine rings is 1. The Kier molecular flexibility index (Phi) is 3.33. The molecule has 0 amide bonds. The first-order valence-corrected chi connectivity index (χ1v) is 7.43. The van der Waals surface area contributed by atoms with Gasteiger partial charge in [-0.05, 0) is 18.9 Å². The van der Waals surface area contributed by atoms with Gasteiger partial charge in [0.1, 0.15) is 18.1 Å². The lowest BCUT2D eigenvalue weighted by Gasteiger charge is -2.01. The van der Waals surface area contributed by atoms with Crippen LogP contribution in [0.2, 0.25) is 0 Å². The smallest absolute Gasteiger partial charge is 0.325 e. The predicted octanol–water partition coefficient (Wildman–Crippen LogP) is 1.63. The van der Waals surface area contributed by atoms with Gasteiger partial charge in [-0.1, -0.05) is 5.21 Å². The average Bonchev–Trinajstić information content (AvgIpc) is 3.13. The van der Waals surface area contributed by atoms with E-state index in [1.54, 1.807) is 6.20 Å². The fourth-order valence-corrected chi connectivity index (χ4v) is 2.50. The van der Waals surface area contributed by atoms with Crippen LogP contribution in [0.5, 0.6) is 0 Å². The summed E-state index contributed by atoms with van der Waals surface area (Å²) in [5, 5.41) is 21.5. The molecule has 1 aliphatic carbocycles. The maximum Gasteiger partial charge on any atom is 0.325 e. The van der Waals surface area contributed by atoms with Crippen molar-refractivity contribution >= 4 is 5.97 Å². The number of aromatic nitrogens is 6. The van der Waals surface area contributed by atoms with Crippen molar-refractivity contribution in [1.82, 2.24) is 29.8 Å². The van der Waals surface area contributed by atoms with Crippen LogP contribution in [0.1, 0.15) is 24.5 Å². The van der Waals surface area contributed by atoms with E-state index in [2.05, 4.69) is 20.4 Å². The van der Waals surface area contributed by atoms with E-state index in [0.29, 0.717) is 23.0 Å². The molecule has 1 saturated carbocycles. The molecule has 122 valence electrons. The Hall–Kier alpha value is -3.10. The highest BCUT2D eigenvalue weighted by molar-refractivity contribution is 5.68. The second-order valence-corrected chi connectivity index (χ2v) is 5.69. The van der Waals surface area contributed by atoms with Crippen LogP contribution >= 0.6 is 0 Å². The maximum atomic E-state index is 13.3. The Morgan fingerprint density at radius 1 is 1.33 bits per heavy atom. The van der Waals surface area contributed by atoms with Gasteiger partial charge in [0.25, 0.3) is 0 Å². The monoisotopic (exact) mass is 328 g/mol. The van der Waals surface area contributed by atoms with Crippen LogP contribution in [0.25, 0.3) is 17.1 Å². The number of hydrogen-bond acceptors (Lipinski definition) is 5. The molecule has 0 saturated heterocycles. The average molecular weight is 328 g/mol. The summed E-state index contributed by atoms with van der Waals surface area (Å²) in [6.07, 6.45) is 6.29. The van der Waals surface area contributed by atoms with E-state index in [1.807, 2.05) is 6.07 Å². The van der Waals surface area contributed by atoms with E-state index < -0.39 is 11.8 Å². The zero-order valence-electron chi connectivity index (χ0n) is 12.5. The Bertz CT molecular complexity index is 914. The first kappa shape index (κ1) is 14.5. The van der Waals surface area contributed by atoms with Crippen LogP contribution in [0, 0.1) is 5.82 Å². The SMILES string of the molecule is O=C(O)Cn1nc(C2CC2)cc1-c1cn(-c2cncc(F)c2)nn1. The topological polar surface area (TPSA) is 98.7 Å². The molecule has 4 rings (SSSR count). The van der Waals surface area contributed by atoms with E-state index in [9.17, 15) is 9.18 Å². The number of aliphatic carboxylic acids is 1. The van der Waals surface area contributed by atoms with Gasteiger partial charge in [-0.3, -0.25) is 14.5 Å². The second-order valence-electron chi connectivity index (χ2n) is 5.69. The van der Waals surface area contributed by atoms with Crippen LogP contribution in [0.15, 0.2) is 30.7 Å². The Morgan fingerprint density at radius 3 is 2.88 bits per heavy atom. The van der Waals surface area contributed by atoms with Crippen molar-refractivity contribution in [1.29, 1.82) is 0 Å². The molecule has 8 nitrogen and oxygen atoms in total. The molecule has 9 heteroatoms. The quantitative estimate of drug-likeness (QED) is 0.764. The van der Waals surface area contributed by atoms with Crippen LogP contribution in [-0.2, 0) is 11.3 Å². The highest BCUT2D eigenvalue weighted by Gasteiger charge is 2.28. The Labute approximate surface area is 135 Å². The van der Waals surface area contributed by atoms with Gasteiger partial charge in [-0.2, -0.15) is 5.10 Å². The van der Waals surface area contributed by atoms with Crippen LogP contribution < -0.4 is 0 Å². The van der Waals surface area contributed by atoms with Gasteiger partial charge in [-0.25, -0.2) is 9.07 Å². The van der Waals surface area contributed by atoms with Crippen LogP contribution in [0.4, 0.5) is 4.39 Å². The minimum Gasteiger partial charge on any atom is -0.480 e. The molecule has 0 atom stereocenters. The highest BCUT2D eigenvalue weighted by atomic mass is 19.1. The fraction of sp³-hybridized carbons (Fsp3) is 0.267. The van der Waals surface area contributed by atoms with E-state index in [-0.39, 0.29) is 6.54 Å². The number of carboxylic acid groups (broad SMARTS) is 1. The summed E-state index contributed by atoms with van der Waals surface area (Å²) in [6.45, 7) is -0.254. The van der Waals surface area contributed by atoms with Gasteiger partial charge >= 0.3 is 5.97 Å². The number of carbonyl (C=O) groups is 1. The van der Waals surface area contributed by atoms with Crippen LogP contribution in [-0.4, -0.2) is 40.8 Å². The second kappa shape index (κ2) is 5.52. The highest BCUT2D eigenvalue weighted by Crippen LogP contribution is 2.40. The van der Waals surface area contributed by atoms with E-state index >= 15 is 0 Å². The molecule has 0 unspecified atom stereocenters. The van der Waals surface area contributed by atoms with E-state index in [1.165, 1.54) is 21.6 Å². The minimum absolute atomic E-state index is 0.254. The van der Waals surface area contributed by atoms with E-state index in [4.69, 9.17) is 5.11 Å². The van der Waals surface area contributed by atoms with Crippen molar-refractivity contribution in [3.05, 3.63) is 42.2 Å². The summed E-state index contributed by atoms with van der Waals surface area (Å²) in [5.41, 5.74) is 2.35. The zero-order chi connectivity index (χ0) is 16.7. The van der Waals surface area contributed by atoms with Crippen molar-refractivity contribution in [2.75, 3.05) is 0 Å². The molecule has 3 aromatic heterocycles. The van der Waals surface area contributed by atoms with Gasteiger partial charge in [-0.15, -0.1) is 5.10 Å². The van der Waals surface area contributed by atoms with Crippen molar-refractivity contribution < 1.29 is 14.3 Å². The molecule has 1 aliphatic rings. The third-order valence-corrected chi connectivity index (χ3v) is 3.79. The summed E-state index contributed by atoms with van der Waals surface area (Å²) in [5.74, 6) is -1.07. The normalized spacial score (nSPS) is 14.0. The third kappa shape index (κ3) is 2.75. The lowest BCUT2D eigenvalue weighted by Crippen LogP contribution is -2.11. The molecule has 0 spiro atoms. The summed E-state index contributed by atoms with van der Waals surface area (Å²) < 4.78 is 16.1. The molecule has 0 radical (unpaired) electrons. The summed E-state index contributed by atoms with van der Waals surface area (Å²) in [4.78, 5) is 14.8. The van der Waals surface area contributed by atoms with Gasteiger partial charge in [0.15, 0.2) is 0 Å². The lowest BCUT2D eigenvalue weighted by atomic mass is 10.2. The Balaban J connectivity index is 1.72. The molecule has 24 heavy (non-hydrogen) atoms. The maximum absolute atomic E-state index is 13.3. The van der Waals surface area contributed by atoms with Crippen molar-refractivity contribution in [2.45, 2.75) is 25.3 Å². The molecular formula is C15H13FN6O2. The summed E-state index contributed by atoms with van der Waals surface area (Å²) in [6, 6.07) is 3.13. The molecule has 3 heterocycles. The first-order chi connectivity index (χ1) is 11.6.